The predicted molar refractivity (Wildman–Crippen MR) is 499 cm³/mol. The van der Waals surface area contributed by atoms with Crippen LogP contribution in [0.3, 0.4) is 0 Å². The maximum atomic E-state index is 10.4. The van der Waals surface area contributed by atoms with Crippen LogP contribution in [0.5, 0.6) is 0 Å². The molecule has 0 fully saturated rings. The molecule has 566 valence electrons. The van der Waals surface area contributed by atoms with Gasteiger partial charge in [-0.3, -0.25) is 0 Å². The van der Waals surface area contributed by atoms with E-state index >= 15 is 0 Å². The van der Waals surface area contributed by atoms with E-state index in [2.05, 4.69) is 396 Å². The molecule has 20 rings (SSSR count). The molecule has 15 aromatic carbocycles. The minimum Gasteiger partial charge on any atom is -0.311 e. The lowest BCUT2D eigenvalue weighted by molar-refractivity contribution is 0.569. The molecule has 0 amide bonds. The normalized spacial score (nSPS) is 14.2. The molecule has 3 aromatic heterocycles. The largest absolute Gasteiger partial charge is 0.311 e. The van der Waals surface area contributed by atoms with E-state index in [9.17, 15) is 11.0 Å². The van der Waals surface area contributed by atoms with Gasteiger partial charge in [0.2, 0.25) is 0 Å². The summed E-state index contributed by atoms with van der Waals surface area (Å²) in [4.78, 5) is 4.98. The Kier molecular flexibility index (Phi) is 14.5. The van der Waals surface area contributed by atoms with Crippen molar-refractivity contribution in [3.63, 3.8) is 0 Å². The molecule has 5 nitrogen and oxygen atoms in total. The average Bonchev–Trinajstić information content (AvgIpc) is 1.27. The van der Waals surface area contributed by atoms with E-state index in [0.717, 1.165) is 156 Å². The van der Waals surface area contributed by atoms with Gasteiger partial charge in [0.15, 0.2) is 0 Å². The van der Waals surface area contributed by atoms with Crippen molar-refractivity contribution in [1.82, 2.24) is 13.7 Å². The highest BCUT2D eigenvalue weighted by atomic mass is 15.2. The Balaban J connectivity index is 1.04. The molecule has 0 atom stereocenters. The van der Waals surface area contributed by atoms with Crippen LogP contribution in [0.25, 0.3) is 127 Å². The predicted octanol–water partition coefficient (Wildman–Crippen LogP) is 28.2. The summed E-state index contributed by atoms with van der Waals surface area (Å²) in [5.74, 6) is 0. The molecule has 0 radical (unpaired) electrons. The number of hydrogen-bond acceptors (Lipinski definition) is 2. The third kappa shape index (κ3) is 11.8. The molecule has 0 spiro atoms. The molecule has 2 aliphatic rings. The van der Waals surface area contributed by atoms with Gasteiger partial charge in [-0.15, -0.1) is 0 Å². The minimum absolute atomic E-state index is 0.0136. The van der Waals surface area contributed by atoms with Crippen LogP contribution in [0.4, 0.5) is 34.1 Å². The number of hydrogen-bond donors (Lipinski definition) is 0. The van der Waals surface area contributed by atoms with Crippen molar-refractivity contribution in [3.8, 4) is 61.6 Å². The van der Waals surface area contributed by atoms with Crippen LogP contribution in [-0.2, 0) is 27.1 Å². The van der Waals surface area contributed by atoms with Crippen LogP contribution < -0.4 is 26.2 Å². The zero-order valence-corrected chi connectivity index (χ0v) is 68.8. The van der Waals surface area contributed by atoms with Crippen LogP contribution in [0.2, 0.25) is 0 Å². The average molecular weight is 1510 g/mol. The number of rotatable bonds is 9. The summed E-state index contributed by atoms with van der Waals surface area (Å²) in [5.41, 5.74) is 27.1. The first-order valence-corrected chi connectivity index (χ1v) is 40.8. The summed E-state index contributed by atoms with van der Waals surface area (Å²) < 4.78 is 85.7. The topological polar surface area (TPSA) is 21.3 Å². The molecule has 0 aliphatic carbocycles. The van der Waals surface area contributed by atoms with Crippen LogP contribution in [-0.4, -0.2) is 20.4 Å². The second-order valence-electron chi connectivity index (χ2n) is 37.2. The zero-order valence-electron chi connectivity index (χ0n) is 76.8. The Bertz CT molecular complexity index is 7290. The maximum absolute atomic E-state index is 10.4. The van der Waals surface area contributed by atoms with E-state index in [-0.39, 0.29) is 48.9 Å². The Hall–Kier alpha value is -12.6. The number of benzene rings is 15. The lowest BCUT2D eigenvalue weighted by Crippen LogP contribution is -2.61. The molecule has 6 heteroatoms. The minimum atomic E-state index is -0.562. The summed E-state index contributed by atoms with van der Waals surface area (Å²) in [5, 5.41) is 4.24. The Morgan fingerprint density at radius 2 is 0.672 bits per heavy atom. The summed E-state index contributed by atoms with van der Waals surface area (Å²) >= 11 is 0. The lowest BCUT2D eigenvalue weighted by Gasteiger charge is -2.46. The summed E-state index contributed by atoms with van der Waals surface area (Å²) in [6.45, 7) is 33.7. The number of anilines is 6. The van der Waals surface area contributed by atoms with Crippen LogP contribution in [0.15, 0.2) is 321 Å². The van der Waals surface area contributed by atoms with E-state index in [0.29, 0.717) is 5.69 Å². The first-order chi connectivity index (χ1) is 59.0. The molecule has 18 aromatic rings. The van der Waals surface area contributed by atoms with Gasteiger partial charge >= 0.3 is 0 Å². The molecule has 5 heterocycles. The van der Waals surface area contributed by atoms with Gasteiger partial charge in [-0.05, 0) is 214 Å². The highest BCUT2D eigenvalue weighted by molar-refractivity contribution is 7.00. The Morgan fingerprint density at radius 3 is 1.22 bits per heavy atom. The first-order valence-electron chi connectivity index (χ1n) is 44.8. The number of aromatic nitrogens is 3. The fraction of sp³-hybridized carbons (Fsp3) is 0.182. The molecule has 116 heavy (non-hydrogen) atoms. The molecule has 0 unspecified atom stereocenters. The van der Waals surface area contributed by atoms with Gasteiger partial charge in [0.05, 0.1) is 61.1 Å². The summed E-state index contributed by atoms with van der Waals surface area (Å²) in [7, 11) is 0. The standard InChI is InChI=1S/C110H98BN5/c1-106(2,3)75-49-54-95-88(62-75)89-63-76(107(4,5)6)50-55-96(89)113(95)81-51-53-91-98(66-81)115(100-60-74(69-34-20-16-21-35-69)59-99-103(100)85-44-30-33-47-94(85)112(99)80-40-26-19-27-41-80)101-67-82(114-92-45-31-28-42-83(92)84-43-29-32-46-93(84)114)68-102-104(101)111(91)90-52-48-72(73-56-77(108(7,8)9)61-78(57-73)109(10,11)12)58-97(90)116(102)105-86(70-36-22-17-23-37-70)64-79(110(13,14)15)65-87(105)71-38-24-18-25-39-71/h16-68H,1-15H3/i28D,29D,31D,32D,42D,43D,45D,46D. The maximum Gasteiger partial charge on any atom is 0.252 e. The van der Waals surface area contributed by atoms with Crippen molar-refractivity contribution in [1.29, 1.82) is 0 Å². The molecule has 0 saturated carbocycles. The monoisotopic (exact) mass is 1510 g/mol. The van der Waals surface area contributed by atoms with Gasteiger partial charge in [0.1, 0.15) is 0 Å². The third-order valence-electron chi connectivity index (χ3n) is 24.6. The van der Waals surface area contributed by atoms with Crippen molar-refractivity contribution >= 4 is 123 Å². The van der Waals surface area contributed by atoms with Gasteiger partial charge in [0.25, 0.3) is 6.71 Å². The highest BCUT2D eigenvalue weighted by Gasteiger charge is 2.46. The molecular weight excluding hydrogens is 1400 g/mol. The van der Waals surface area contributed by atoms with Gasteiger partial charge in [-0.2, -0.15) is 0 Å². The number of para-hydroxylation sites is 4. The van der Waals surface area contributed by atoms with Crippen molar-refractivity contribution in [2.45, 2.75) is 131 Å². The molecule has 0 saturated heterocycles. The Labute approximate surface area is 694 Å². The van der Waals surface area contributed by atoms with E-state index in [1.165, 1.54) is 22.3 Å². The summed E-state index contributed by atoms with van der Waals surface area (Å²) in [6, 6.07) is 96.8. The van der Waals surface area contributed by atoms with Gasteiger partial charge in [0, 0.05) is 77.6 Å². The fourth-order valence-corrected chi connectivity index (χ4v) is 18.4. The number of fused-ring (bicyclic) bond motifs is 13. The Morgan fingerprint density at radius 1 is 0.250 bits per heavy atom. The number of nitrogens with zero attached hydrogens (tertiary/aromatic N) is 5. The van der Waals surface area contributed by atoms with Crippen molar-refractivity contribution in [2.24, 2.45) is 0 Å². The summed E-state index contributed by atoms with van der Waals surface area (Å²) in [6.07, 6.45) is 0. The molecule has 0 bridgehead atoms. The van der Waals surface area contributed by atoms with Gasteiger partial charge in [-0.1, -0.05) is 316 Å². The smallest absolute Gasteiger partial charge is 0.252 e. The highest BCUT2D eigenvalue weighted by Crippen LogP contribution is 2.56. The fourth-order valence-electron chi connectivity index (χ4n) is 18.4. The molecule has 0 N–H and O–H groups in total. The van der Waals surface area contributed by atoms with Crippen LogP contribution in [0, 0.1) is 0 Å². The van der Waals surface area contributed by atoms with Crippen LogP contribution in [0.1, 0.15) is 143 Å². The van der Waals surface area contributed by atoms with E-state index in [1.807, 2.05) is 0 Å². The van der Waals surface area contributed by atoms with Crippen molar-refractivity contribution in [3.05, 3.63) is 349 Å². The van der Waals surface area contributed by atoms with E-state index < -0.39 is 55.1 Å². The molecular formula is C110H98BN5. The molecule has 2 aliphatic heterocycles. The lowest BCUT2D eigenvalue weighted by atomic mass is 9.33. The second kappa shape index (κ2) is 26.5. The van der Waals surface area contributed by atoms with Gasteiger partial charge in [-0.25, -0.2) is 0 Å². The van der Waals surface area contributed by atoms with Crippen molar-refractivity contribution in [2.75, 3.05) is 9.80 Å². The van der Waals surface area contributed by atoms with E-state index in [1.54, 1.807) is 4.57 Å². The second-order valence-corrected chi connectivity index (χ2v) is 37.2. The first kappa shape index (κ1) is 63.7. The quantitative estimate of drug-likeness (QED) is 0.134. The third-order valence-corrected chi connectivity index (χ3v) is 24.6. The zero-order chi connectivity index (χ0) is 86.8. The van der Waals surface area contributed by atoms with E-state index in [4.69, 9.17) is 0 Å². The van der Waals surface area contributed by atoms with Crippen molar-refractivity contribution < 1.29 is 11.0 Å². The van der Waals surface area contributed by atoms with Gasteiger partial charge < -0.3 is 23.5 Å². The SMILES string of the molecule is [2H]c1c([2H])c([2H])c2c(c1[2H])c1c([2H])c([2H])c([2H])c([2H])c1n2-c1cc2c3c(c1)N(c1cc(-c4ccccc4)cc4c1c1ccccc1n4-c1ccccc1)c1cc(-n4c5ccc(C(C)(C)C)cc5c5cc(C(C)(C)C)ccc54)ccc1B3c1ccc(-c3cc(C(C)(C)C)cc(C(C)(C)C)c3)cc1N2c1c(-c2ccccc2)cc(C(C)(C)C)cc1-c1ccccc1. The van der Waals surface area contributed by atoms with Crippen LogP contribution >= 0.6 is 0 Å².